The Bertz CT molecular complexity index is 637. The van der Waals surface area contributed by atoms with E-state index in [1.165, 1.54) is 36.8 Å². The molecule has 2 aromatic carbocycles. The Morgan fingerprint density at radius 1 is 0.808 bits per heavy atom. The highest BCUT2D eigenvalue weighted by molar-refractivity contribution is 6.15. The third kappa shape index (κ3) is 5.50. The molecule has 2 aromatic rings. The van der Waals surface area contributed by atoms with Crippen LogP contribution < -0.4 is 0 Å². The molecule has 0 bridgehead atoms. The normalized spacial score (nSPS) is 14.8. The van der Waals surface area contributed by atoms with Gasteiger partial charge in [-0.15, -0.1) is 0 Å². The highest BCUT2D eigenvalue weighted by Gasteiger charge is 2.40. The van der Waals surface area contributed by atoms with Gasteiger partial charge in [0.05, 0.1) is 0 Å². The smallest absolute Gasteiger partial charge is 0.0666 e. The van der Waals surface area contributed by atoms with Crippen molar-refractivity contribution in [1.82, 2.24) is 0 Å². The van der Waals surface area contributed by atoms with Crippen molar-refractivity contribution in [2.75, 3.05) is 0 Å². The van der Waals surface area contributed by atoms with Crippen molar-refractivity contribution in [3.8, 4) is 0 Å². The van der Waals surface area contributed by atoms with Crippen molar-refractivity contribution >= 4 is 7.85 Å². The molecule has 2 atom stereocenters. The summed E-state index contributed by atoms with van der Waals surface area (Å²) in [5, 5.41) is 0.233. The second-order valence-corrected chi connectivity index (χ2v) is 9.65. The summed E-state index contributed by atoms with van der Waals surface area (Å²) in [5.74, 6) is 1.17. The van der Waals surface area contributed by atoms with Crippen molar-refractivity contribution in [2.45, 2.75) is 77.5 Å². The molecule has 2 rings (SSSR count). The van der Waals surface area contributed by atoms with E-state index in [2.05, 4.69) is 103 Å². The molecular formula is C25H37B. The first-order valence-corrected chi connectivity index (χ1v) is 10.4. The third-order valence-corrected chi connectivity index (χ3v) is 5.73. The molecule has 0 aliphatic heterocycles. The predicted molar refractivity (Wildman–Crippen MR) is 119 cm³/mol. The Balaban J connectivity index is 2.34. The molecule has 140 valence electrons. The van der Waals surface area contributed by atoms with Gasteiger partial charge in [0.25, 0.3) is 0 Å². The molecule has 2 unspecified atom stereocenters. The first-order valence-electron chi connectivity index (χ1n) is 10.4. The predicted octanol–water partition coefficient (Wildman–Crippen LogP) is 6.99. The SMILES string of the molecule is BC(C)(C)C(c1ccccc1)C(C)(C)CC(CCCC)c1ccccc1. The molecule has 0 spiro atoms. The number of benzene rings is 2. The maximum absolute atomic E-state index is 2.48. The molecule has 0 aliphatic carbocycles. The Morgan fingerprint density at radius 3 is 1.77 bits per heavy atom. The minimum Gasteiger partial charge on any atom is -0.0666 e. The zero-order valence-electron chi connectivity index (χ0n) is 17.8. The van der Waals surface area contributed by atoms with Crippen molar-refractivity contribution in [1.29, 1.82) is 0 Å². The van der Waals surface area contributed by atoms with Crippen LogP contribution in [0.2, 0.25) is 5.31 Å². The van der Waals surface area contributed by atoms with Gasteiger partial charge in [-0.05, 0) is 41.2 Å². The van der Waals surface area contributed by atoms with Gasteiger partial charge in [0.1, 0.15) is 7.85 Å². The molecule has 1 heteroatoms. The minimum absolute atomic E-state index is 0.230. The van der Waals surface area contributed by atoms with Crippen LogP contribution in [0.1, 0.15) is 83.3 Å². The number of hydrogen-bond donors (Lipinski definition) is 0. The molecule has 0 nitrogen and oxygen atoms in total. The van der Waals surface area contributed by atoms with Crippen LogP contribution in [-0.4, -0.2) is 7.85 Å². The first-order chi connectivity index (χ1) is 12.3. The maximum atomic E-state index is 2.48. The van der Waals surface area contributed by atoms with Gasteiger partial charge in [0.15, 0.2) is 0 Å². The summed E-state index contributed by atoms with van der Waals surface area (Å²) in [6.45, 7) is 12.1. The summed E-state index contributed by atoms with van der Waals surface area (Å²) in [5.41, 5.74) is 3.22. The highest BCUT2D eigenvalue weighted by atomic mass is 14.4. The molecular weight excluding hydrogens is 311 g/mol. The fraction of sp³-hybridized carbons (Fsp3) is 0.520. The number of hydrogen-bond acceptors (Lipinski definition) is 0. The molecule has 0 aliphatic rings. The van der Waals surface area contributed by atoms with Crippen LogP contribution in [0.25, 0.3) is 0 Å². The average Bonchev–Trinajstić information content (AvgIpc) is 2.58. The quantitative estimate of drug-likeness (QED) is 0.428. The molecule has 0 heterocycles. The van der Waals surface area contributed by atoms with Gasteiger partial charge in [-0.1, -0.05) is 113 Å². The zero-order valence-corrected chi connectivity index (χ0v) is 17.8. The Hall–Kier alpha value is -1.50. The molecule has 0 N–H and O–H groups in total. The fourth-order valence-electron chi connectivity index (χ4n) is 5.08. The van der Waals surface area contributed by atoms with E-state index in [4.69, 9.17) is 0 Å². The van der Waals surface area contributed by atoms with Crippen molar-refractivity contribution < 1.29 is 0 Å². The zero-order chi connectivity index (χ0) is 19.2. The van der Waals surface area contributed by atoms with Crippen LogP contribution in [0.15, 0.2) is 60.7 Å². The molecule has 0 amide bonds. The van der Waals surface area contributed by atoms with E-state index in [0.29, 0.717) is 11.8 Å². The molecule has 0 saturated heterocycles. The Labute approximate surface area is 162 Å². The van der Waals surface area contributed by atoms with Crippen LogP contribution in [0.5, 0.6) is 0 Å². The summed E-state index contributed by atoms with van der Waals surface area (Å²) in [7, 11) is 2.40. The highest BCUT2D eigenvalue weighted by Crippen LogP contribution is 2.54. The van der Waals surface area contributed by atoms with E-state index in [-0.39, 0.29) is 10.7 Å². The first kappa shape index (κ1) is 20.8. The van der Waals surface area contributed by atoms with E-state index in [9.17, 15) is 0 Å². The van der Waals surface area contributed by atoms with Gasteiger partial charge in [0, 0.05) is 0 Å². The summed E-state index contributed by atoms with van der Waals surface area (Å²) in [6.07, 6.45) is 5.09. The van der Waals surface area contributed by atoms with E-state index < -0.39 is 0 Å². The topological polar surface area (TPSA) is 0 Å². The summed E-state index contributed by atoms with van der Waals surface area (Å²) in [6, 6.07) is 22.3. The summed E-state index contributed by atoms with van der Waals surface area (Å²) >= 11 is 0. The van der Waals surface area contributed by atoms with E-state index in [1.807, 2.05) is 0 Å². The largest absolute Gasteiger partial charge is 0.109 e. The van der Waals surface area contributed by atoms with Gasteiger partial charge in [-0.2, -0.15) is 0 Å². The van der Waals surface area contributed by atoms with Crippen molar-refractivity contribution in [3.05, 3.63) is 71.8 Å². The third-order valence-electron chi connectivity index (χ3n) is 5.73. The van der Waals surface area contributed by atoms with Crippen molar-refractivity contribution in [3.63, 3.8) is 0 Å². The van der Waals surface area contributed by atoms with Gasteiger partial charge in [0.2, 0.25) is 0 Å². The van der Waals surface area contributed by atoms with Crippen LogP contribution in [0.3, 0.4) is 0 Å². The van der Waals surface area contributed by atoms with Crippen LogP contribution in [-0.2, 0) is 0 Å². The summed E-state index contributed by atoms with van der Waals surface area (Å²) in [4.78, 5) is 0. The molecule has 0 aromatic heterocycles. The lowest BCUT2D eigenvalue weighted by Gasteiger charge is -2.45. The molecule has 26 heavy (non-hydrogen) atoms. The van der Waals surface area contributed by atoms with E-state index in [0.717, 1.165) is 0 Å². The van der Waals surface area contributed by atoms with Gasteiger partial charge in [-0.25, -0.2) is 0 Å². The maximum Gasteiger partial charge on any atom is 0.109 e. The standard InChI is InChI=1S/C25H37B/c1-6-7-14-22(20-15-10-8-11-16-20)19-24(2,3)23(25(4,5)26)21-17-12-9-13-18-21/h8-13,15-18,22-23H,6-7,14,19,26H2,1-5H3. The van der Waals surface area contributed by atoms with Gasteiger partial charge < -0.3 is 0 Å². The van der Waals surface area contributed by atoms with Crippen LogP contribution in [0.4, 0.5) is 0 Å². The lowest BCUT2D eigenvalue weighted by atomic mass is 9.52. The Kier molecular flexibility index (Phi) is 7.15. The molecule has 0 radical (unpaired) electrons. The van der Waals surface area contributed by atoms with Gasteiger partial charge in [-0.3, -0.25) is 0 Å². The van der Waals surface area contributed by atoms with E-state index in [1.54, 1.807) is 0 Å². The van der Waals surface area contributed by atoms with Crippen LogP contribution in [0, 0.1) is 5.41 Å². The Morgan fingerprint density at radius 2 is 1.31 bits per heavy atom. The molecule has 0 saturated carbocycles. The van der Waals surface area contributed by atoms with Crippen LogP contribution >= 0.6 is 0 Å². The monoisotopic (exact) mass is 348 g/mol. The van der Waals surface area contributed by atoms with E-state index >= 15 is 0 Å². The number of unbranched alkanes of at least 4 members (excludes halogenated alkanes) is 1. The molecule has 0 fully saturated rings. The van der Waals surface area contributed by atoms with Gasteiger partial charge >= 0.3 is 0 Å². The average molecular weight is 348 g/mol. The lowest BCUT2D eigenvalue weighted by Crippen LogP contribution is -2.32. The second-order valence-electron chi connectivity index (χ2n) is 9.65. The lowest BCUT2D eigenvalue weighted by molar-refractivity contribution is 0.201. The summed E-state index contributed by atoms with van der Waals surface area (Å²) < 4.78 is 0. The fourth-order valence-corrected chi connectivity index (χ4v) is 5.08. The minimum atomic E-state index is 0.230. The van der Waals surface area contributed by atoms with Crippen molar-refractivity contribution in [2.24, 2.45) is 5.41 Å². The number of rotatable bonds is 9. The second kappa shape index (κ2) is 8.93.